The molecule has 2 rings (SSSR count). The van der Waals surface area contributed by atoms with Gasteiger partial charge in [0.2, 0.25) is 0 Å². The molecule has 4 nitrogen and oxygen atoms in total. The Bertz CT molecular complexity index is 720. The zero-order chi connectivity index (χ0) is 16.3. The summed E-state index contributed by atoms with van der Waals surface area (Å²) in [4.78, 5) is 12.8. The molecule has 22 heavy (non-hydrogen) atoms. The number of aryl methyl sites for hydroxylation is 1. The van der Waals surface area contributed by atoms with E-state index in [2.05, 4.69) is 13.8 Å². The molecule has 0 aliphatic heterocycles. The van der Waals surface area contributed by atoms with E-state index in [4.69, 9.17) is 10.5 Å². The Labute approximate surface area is 131 Å². The van der Waals surface area contributed by atoms with E-state index >= 15 is 0 Å². The summed E-state index contributed by atoms with van der Waals surface area (Å²) >= 11 is 0. The summed E-state index contributed by atoms with van der Waals surface area (Å²) in [7, 11) is 1.64. The molecule has 0 spiro atoms. The molecular formula is C18H24N2O2. The van der Waals surface area contributed by atoms with Crippen LogP contribution in [0.1, 0.15) is 37.4 Å². The third kappa shape index (κ3) is 2.92. The van der Waals surface area contributed by atoms with E-state index in [1.54, 1.807) is 7.11 Å². The van der Waals surface area contributed by atoms with Gasteiger partial charge in [-0.3, -0.25) is 4.79 Å². The van der Waals surface area contributed by atoms with Crippen LogP contribution in [-0.2, 0) is 6.54 Å². The van der Waals surface area contributed by atoms with Crippen molar-refractivity contribution in [2.45, 2.75) is 39.8 Å². The predicted molar refractivity (Wildman–Crippen MR) is 90.3 cm³/mol. The van der Waals surface area contributed by atoms with Gasteiger partial charge in [0.05, 0.1) is 12.8 Å². The lowest BCUT2D eigenvalue weighted by atomic mass is 10.0. The van der Waals surface area contributed by atoms with Gasteiger partial charge in [-0.05, 0) is 44.0 Å². The highest BCUT2D eigenvalue weighted by molar-refractivity contribution is 5.63. The molecule has 0 saturated carbocycles. The van der Waals surface area contributed by atoms with Gasteiger partial charge in [-0.25, -0.2) is 0 Å². The number of nitrogens with zero attached hydrogens (tertiary/aromatic N) is 1. The normalized spacial score (nSPS) is 12.2. The molecule has 118 valence electrons. The van der Waals surface area contributed by atoms with Crippen molar-refractivity contribution in [1.29, 1.82) is 0 Å². The van der Waals surface area contributed by atoms with Crippen LogP contribution >= 0.6 is 0 Å². The Morgan fingerprint density at radius 3 is 2.64 bits per heavy atom. The van der Waals surface area contributed by atoms with Crippen LogP contribution in [0.25, 0.3) is 11.3 Å². The van der Waals surface area contributed by atoms with E-state index in [-0.39, 0.29) is 18.1 Å². The molecule has 0 radical (unpaired) electrons. The van der Waals surface area contributed by atoms with Crippen molar-refractivity contribution < 1.29 is 4.74 Å². The molecule has 0 bridgehead atoms. The van der Waals surface area contributed by atoms with Gasteiger partial charge in [-0.2, -0.15) is 0 Å². The molecule has 1 atom stereocenters. The van der Waals surface area contributed by atoms with Gasteiger partial charge in [-0.1, -0.05) is 19.1 Å². The van der Waals surface area contributed by atoms with Crippen LogP contribution < -0.4 is 16.0 Å². The van der Waals surface area contributed by atoms with E-state index in [1.165, 1.54) is 0 Å². The van der Waals surface area contributed by atoms with Crippen LogP contribution in [0.2, 0.25) is 0 Å². The molecule has 1 aromatic carbocycles. The topological polar surface area (TPSA) is 57.2 Å². The van der Waals surface area contributed by atoms with Gasteiger partial charge in [0.15, 0.2) is 0 Å². The van der Waals surface area contributed by atoms with Gasteiger partial charge in [0, 0.05) is 23.7 Å². The summed E-state index contributed by atoms with van der Waals surface area (Å²) in [5.41, 5.74) is 9.28. The minimum atomic E-state index is 0.00895. The average molecular weight is 300 g/mol. The zero-order valence-electron chi connectivity index (χ0n) is 13.7. The Balaban J connectivity index is 2.76. The standard InChI is InChI=1S/C18H24N2O2/c1-5-13(3)20-17(9-12(2)16(11-19)18(20)21)14-7-6-8-15(10-14)22-4/h6-10,13H,5,11,19H2,1-4H3. The molecule has 0 amide bonds. The van der Waals surface area contributed by atoms with Crippen LogP contribution in [-0.4, -0.2) is 11.7 Å². The first-order valence-corrected chi connectivity index (χ1v) is 7.63. The molecular weight excluding hydrogens is 276 g/mol. The molecule has 1 heterocycles. The lowest BCUT2D eigenvalue weighted by Gasteiger charge is -2.21. The third-order valence-corrected chi connectivity index (χ3v) is 4.17. The van der Waals surface area contributed by atoms with Gasteiger partial charge in [0.25, 0.3) is 5.56 Å². The van der Waals surface area contributed by atoms with Crippen LogP contribution in [0.5, 0.6) is 5.75 Å². The van der Waals surface area contributed by atoms with Crippen molar-refractivity contribution in [2.24, 2.45) is 5.73 Å². The Kier molecular flexibility index (Phi) is 5.03. The molecule has 1 unspecified atom stereocenters. The number of rotatable bonds is 5. The molecule has 2 aromatic rings. The number of methoxy groups -OCH3 is 1. The minimum absolute atomic E-state index is 0.00895. The van der Waals surface area contributed by atoms with Gasteiger partial charge in [0.1, 0.15) is 5.75 Å². The summed E-state index contributed by atoms with van der Waals surface area (Å²) in [6.07, 6.45) is 0.879. The first-order valence-electron chi connectivity index (χ1n) is 7.63. The maximum atomic E-state index is 12.8. The maximum absolute atomic E-state index is 12.8. The highest BCUT2D eigenvalue weighted by Crippen LogP contribution is 2.27. The number of ether oxygens (including phenoxy) is 1. The Morgan fingerprint density at radius 1 is 1.32 bits per heavy atom. The number of pyridine rings is 1. The van der Waals surface area contributed by atoms with Crippen LogP contribution in [0.3, 0.4) is 0 Å². The first-order chi connectivity index (χ1) is 10.5. The predicted octanol–water partition coefficient (Wildman–Crippen LogP) is 3.26. The van der Waals surface area contributed by atoms with Crippen LogP contribution in [0, 0.1) is 6.92 Å². The highest BCUT2D eigenvalue weighted by atomic mass is 16.5. The summed E-state index contributed by atoms with van der Waals surface area (Å²) in [5, 5.41) is 0. The fourth-order valence-corrected chi connectivity index (χ4v) is 2.66. The maximum Gasteiger partial charge on any atom is 0.256 e. The van der Waals surface area contributed by atoms with E-state index in [0.29, 0.717) is 5.56 Å². The van der Waals surface area contributed by atoms with Crippen molar-refractivity contribution >= 4 is 0 Å². The fourth-order valence-electron chi connectivity index (χ4n) is 2.66. The Morgan fingerprint density at radius 2 is 2.05 bits per heavy atom. The SMILES string of the molecule is CCC(C)n1c(-c2cccc(OC)c2)cc(C)c(CN)c1=O. The van der Waals surface area contributed by atoms with E-state index in [1.807, 2.05) is 41.8 Å². The number of hydrogen-bond acceptors (Lipinski definition) is 3. The van der Waals surface area contributed by atoms with Crippen molar-refractivity contribution in [3.8, 4) is 17.0 Å². The van der Waals surface area contributed by atoms with Crippen molar-refractivity contribution in [3.05, 3.63) is 51.8 Å². The van der Waals surface area contributed by atoms with Gasteiger partial charge < -0.3 is 15.0 Å². The molecule has 0 aliphatic carbocycles. The lowest BCUT2D eigenvalue weighted by molar-refractivity contribution is 0.415. The Hall–Kier alpha value is -2.07. The molecule has 0 fully saturated rings. The molecule has 2 N–H and O–H groups in total. The summed E-state index contributed by atoms with van der Waals surface area (Å²) in [5.74, 6) is 0.779. The highest BCUT2D eigenvalue weighted by Gasteiger charge is 2.16. The van der Waals surface area contributed by atoms with Crippen LogP contribution in [0.15, 0.2) is 35.1 Å². The third-order valence-electron chi connectivity index (χ3n) is 4.17. The smallest absolute Gasteiger partial charge is 0.256 e. The van der Waals surface area contributed by atoms with Gasteiger partial charge >= 0.3 is 0 Å². The fraction of sp³-hybridized carbons (Fsp3) is 0.389. The summed E-state index contributed by atoms with van der Waals surface area (Å²) < 4.78 is 7.15. The number of nitrogens with two attached hydrogens (primary N) is 1. The monoisotopic (exact) mass is 300 g/mol. The number of benzene rings is 1. The second kappa shape index (κ2) is 6.79. The largest absolute Gasteiger partial charge is 0.497 e. The molecule has 1 aromatic heterocycles. The molecule has 0 aliphatic rings. The van der Waals surface area contributed by atoms with E-state index in [9.17, 15) is 4.79 Å². The van der Waals surface area contributed by atoms with E-state index < -0.39 is 0 Å². The summed E-state index contributed by atoms with van der Waals surface area (Å²) in [6.45, 7) is 6.34. The summed E-state index contributed by atoms with van der Waals surface area (Å²) in [6, 6.07) is 9.94. The second-order valence-electron chi connectivity index (χ2n) is 5.56. The van der Waals surface area contributed by atoms with Crippen molar-refractivity contribution in [3.63, 3.8) is 0 Å². The molecule has 4 heteroatoms. The lowest BCUT2D eigenvalue weighted by Crippen LogP contribution is -2.30. The zero-order valence-corrected chi connectivity index (χ0v) is 13.7. The average Bonchev–Trinajstić information content (AvgIpc) is 2.54. The second-order valence-corrected chi connectivity index (χ2v) is 5.56. The number of hydrogen-bond donors (Lipinski definition) is 1. The van der Waals surface area contributed by atoms with Crippen molar-refractivity contribution in [2.75, 3.05) is 7.11 Å². The number of aromatic nitrogens is 1. The molecule has 0 saturated heterocycles. The van der Waals surface area contributed by atoms with E-state index in [0.717, 1.165) is 29.0 Å². The first kappa shape index (κ1) is 16.3. The minimum Gasteiger partial charge on any atom is -0.497 e. The quantitative estimate of drug-likeness (QED) is 0.922. The van der Waals surface area contributed by atoms with Gasteiger partial charge in [-0.15, -0.1) is 0 Å². The van der Waals surface area contributed by atoms with Crippen molar-refractivity contribution in [1.82, 2.24) is 4.57 Å². The van der Waals surface area contributed by atoms with Crippen LogP contribution in [0.4, 0.5) is 0 Å².